The molecule has 14 heteroatoms. The minimum Gasteiger partial charge on any atom is -0.488 e. The Bertz CT molecular complexity index is 1970. The standard InChI is InChI=1S/C39H42BrClN6O6/c1-24(43)37-30(6-3-8-33(37)45-10-4-11-47-12-9-29(49)20-47)31-7-2-5-27(38(31)40)23-53-36-15-35(52-22-26-13-25(16-42)17-44-18-26)28(14-32(36)41)19-46-34(21-48)39(50)51/h2-3,5-8,13-15,17-18,29,34,43,45-46,48-49H,4,9-12,19-23H2,1H3,(H,50,51)/t29-,34+/m1/s1. The Hall–Kier alpha value is -4.55. The third-order valence-corrected chi connectivity index (χ3v) is 10.1. The lowest BCUT2D eigenvalue weighted by molar-refractivity contribution is -0.140. The van der Waals surface area contributed by atoms with Crippen molar-refractivity contribution in [2.24, 2.45) is 0 Å². The number of hydrogen-bond donors (Lipinski definition) is 6. The number of carbonyl (C=O) groups is 1. The van der Waals surface area contributed by atoms with Crippen molar-refractivity contribution in [2.75, 3.05) is 38.1 Å². The van der Waals surface area contributed by atoms with Crippen LogP contribution in [0.2, 0.25) is 5.02 Å². The molecular formula is C39H42BrClN6O6. The Labute approximate surface area is 322 Å². The second kappa shape index (κ2) is 19.0. The van der Waals surface area contributed by atoms with Gasteiger partial charge >= 0.3 is 5.97 Å². The van der Waals surface area contributed by atoms with E-state index in [1.807, 2.05) is 36.4 Å². The van der Waals surface area contributed by atoms with E-state index in [2.05, 4.69) is 42.5 Å². The molecule has 5 rings (SSSR count). The Morgan fingerprint density at radius 3 is 2.62 bits per heavy atom. The van der Waals surface area contributed by atoms with E-state index in [1.54, 1.807) is 31.3 Å². The molecule has 0 amide bonds. The van der Waals surface area contributed by atoms with E-state index < -0.39 is 18.6 Å². The molecule has 53 heavy (non-hydrogen) atoms. The lowest BCUT2D eigenvalue weighted by atomic mass is 9.94. The molecule has 1 fully saturated rings. The molecule has 1 aromatic heterocycles. The van der Waals surface area contributed by atoms with Gasteiger partial charge in [0.05, 0.1) is 23.3 Å². The maximum Gasteiger partial charge on any atom is 0.323 e. The smallest absolute Gasteiger partial charge is 0.323 e. The molecule has 0 unspecified atom stereocenters. The van der Waals surface area contributed by atoms with Crippen molar-refractivity contribution in [3.63, 3.8) is 0 Å². The van der Waals surface area contributed by atoms with Gasteiger partial charge in [-0.2, -0.15) is 5.26 Å². The number of halogens is 2. The van der Waals surface area contributed by atoms with Gasteiger partial charge in [0.15, 0.2) is 0 Å². The fourth-order valence-electron chi connectivity index (χ4n) is 6.13. The lowest BCUT2D eigenvalue weighted by Crippen LogP contribution is -2.39. The molecule has 0 radical (unpaired) electrons. The number of carboxylic acid groups (broad SMARTS) is 1. The van der Waals surface area contributed by atoms with Gasteiger partial charge < -0.3 is 40.4 Å². The molecule has 1 saturated heterocycles. The number of nitrogens with one attached hydrogen (secondary N) is 3. The third-order valence-electron chi connectivity index (χ3n) is 8.86. The van der Waals surface area contributed by atoms with Crippen LogP contribution in [0.4, 0.5) is 5.69 Å². The number of nitriles is 1. The summed E-state index contributed by atoms with van der Waals surface area (Å²) in [6.07, 6.45) is 4.53. The molecule has 1 aliphatic rings. The van der Waals surface area contributed by atoms with E-state index in [0.717, 1.165) is 71.4 Å². The highest BCUT2D eigenvalue weighted by atomic mass is 79.9. The van der Waals surface area contributed by atoms with Gasteiger partial charge in [0, 0.05) is 82.8 Å². The van der Waals surface area contributed by atoms with Gasteiger partial charge in [-0.3, -0.25) is 15.1 Å². The molecule has 6 N–H and O–H groups in total. The molecule has 0 saturated carbocycles. The highest BCUT2D eigenvalue weighted by molar-refractivity contribution is 9.10. The third kappa shape index (κ3) is 10.5. The van der Waals surface area contributed by atoms with Crippen molar-refractivity contribution < 1.29 is 29.6 Å². The van der Waals surface area contributed by atoms with Crippen molar-refractivity contribution in [2.45, 2.75) is 51.7 Å². The molecular weight excluding hydrogens is 764 g/mol. The number of anilines is 1. The second-order valence-corrected chi connectivity index (χ2v) is 14.0. The Kier molecular flexibility index (Phi) is 14.2. The van der Waals surface area contributed by atoms with E-state index in [1.165, 1.54) is 6.20 Å². The van der Waals surface area contributed by atoms with E-state index >= 15 is 0 Å². The number of aliphatic carboxylic acids is 1. The van der Waals surface area contributed by atoms with Crippen LogP contribution in [0.15, 0.2) is 71.5 Å². The summed E-state index contributed by atoms with van der Waals surface area (Å²) in [6, 6.07) is 17.6. The number of ether oxygens (including phenoxy) is 2. The Morgan fingerprint density at radius 1 is 1.13 bits per heavy atom. The predicted molar refractivity (Wildman–Crippen MR) is 207 cm³/mol. The zero-order valence-electron chi connectivity index (χ0n) is 29.2. The minimum atomic E-state index is -1.20. The number of β-amino-alcohol motifs (C(OH)–C–C–N with tert-alkyl or cyclic N) is 1. The van der Waals surface area contributed by atoms with Crippen LogP contribution in [0.1, 0.15) is 47.6 Å². The SMILES string of the molecule is CC(=N)c1c(NCCCN2CC[C@@H](O)C2)cccc1-c1cccc(COc2cc(OCc3cncc(C#N)c3)c(CN[C@@H](CO)C(=O)O)cc2Cl)c1Br. The zero-order chi connectivity index (χ0) is 37.9. The lowest BCUT2D eigenvalue weighted by Gasteiger charge is -2.20. The van der Waals surface area contributed by atoms with Crippen LogP contribution >= 0.6 is 27.5 Å². The molecule has 0 bridgehead atoms. The number of pyridine rings is 1. The van der Waals surface area contributed by atoms with Gasteiger partial charge in [0.25, 0.3) is 0 Å². The van der Waals surface area contributed by atoms with E-state index in [9.17, 15) is 25.4 Å². The first-order chi connectivity index (χ1) is 25.6. The van der Waals surface area contributed by atoms with Crippen LogP contribution in [-0.2, 0) is 24.6 Å². The van der Waals surface area contributed by atoms with E-state index in [0.29, 0.717) is 33.9 Å². The summed E-state index contributed by atoms with van der Waals surface area (Å²) in [5.74, 6) is -0.508. The fraction of sp³-hybridized carbons (Fsp3) is 0.333. The van der Waals surface area contributed by atoms with E-state index in [-0.39, 0.29) is 30.9 Å². The van der Waals surface area contributed by atoms with Crippen LogP contribution < -0.4 is 20.1 Å². The summed E-state index contributed by atoms with van der Waals surface area (Å²) < 4.78 is 13.2. The molecule has 2 atom stereocenters. The van der Waals surface area contributed by atoms with Crippen LogP contribution in [0.25, 0.3) is 11.1 Å². The van der Waals surface area contributed by atoms with Crippen molar-refractivity contribution >= 4 is 44.9 Å². The molecule has 4 aromatic rings. The number of benzene rings is 3. The van der Waals surface area contributed by atoms with Gasteiger partial charge in [0.1, 0.15) is 36.8 Å². The number of nitrogens with zero attached hydrogens (tertiary/aromatic N) is 3. The highest BCUT2D eigenvalue weighted by Gasteiger charge is 2.21. The Morgan fingerprint density at radius 2 is 1.91 bits per heavy atom. The predicted octanol–water partition coefficient (Wildman–Crippen LogP) is 5.99. The monoisotopic (exact) mass is 804 g/mol. The van der Waals surface area contributed by atoms with Gasteiger partial charge in [0.2, 0.25) is 0 Å². The van der Waals surface area contributed by atoms with Crippen LogP contribution in [0, 0.1) is 16.7 Å². The second-order valence-electron chi connectivity index (χ2n) is 12.8. The van der Waals surface area contributed by atoms with Crippen molar-refractivity contribution in [3.05, 3.63) is 104 Å². The number of hydrogen-bond acceptors (Lipinski definition) is 11. The fourth-order valence-corrected chi connectivity index (χ4v) is 6.97. The number of aliphatic hydroxyl groups excluding tert-OH is 2. The normalized spacial score (nSPS) is 14.8. The first kappa shape index (κ1) is 39.7. The summed E-state index contributed by atoms with van der Waals surface area (Å²) in [4.78, 5) is 17.9. The average Bonchev–Trinajstić information content (AvgIpc) is 3.57. The van der Waals surface area contributed by atoms with E-state index in [4.69, 9.17) is 26.5 Å². The summed E-state index contributed by atoms with van der Waals surface area (Å²) in [6.45, 7) is 4.67. The van der Waals surface area contributed by atoms with Crippen molar-refractivity contribution in [1.82, 2.24) is 15.2 Å². The highest BCUT2D eigenvalue weighted by Crippen LogP contribution is 2.38. The maximum absolute atomic E-state index is 11.5. The molecule has 0 spiro atoms. The maximum atomic E-state index is 11.5. The molecule has 0 aliphatic carbocycles. The topological polar surface area (TPSA) is 184 Å². The first-order valence-corrected chi connectivity index (χ1v) is 18.3. The molecule has 3 aromatic carbocycles. The number of aromatic nitrogens is 1. The van der Waals surface area contributed by atoms with Gasteiger partial charge in [-0.1, -0.05) is 41.9 Å². The molecule has 278 valence electrons. The van der Waals surface area contributed by atoms with Gasteiger partial charge in [-0.25, -0.2) is 0 Å². The van der Waals surface area contributed by atoms with Gasteiger partial charge in [-0.05, 0) is 71.6 Å². The first-order valence-electron chi connectivity index (χ1n) is 17.2. The number of likely N-dealkylation sites (tertiary alicyclic amines) is 1. The minimum absolute atomic E-state index is 0.0300. The summed E-state index contributed by atoms with van der Waals surface area (Å²) >= 11 is 10.5. The van der Waals surface area contributed by atoms with Crippen molar-refractivity contribution in [1.29, 1.82) is 10.7 Å². The van der Waals surface area contributed by atoms with Gasteiger partial charge in [-0.15, -0.1) is 0 Å². The van der Waals surface area contributed by atoms with Crippen LogP contribution in [0.3, 0.4) is 0 Å². The average molecular weight is 806 g/mol. The number of aliphatic hydroxyl groups is 2. The van der Waals surface area contributed by atoms with Crippen molar-refractivity contribution in [3.8, 4) is 28.7 Å². The largest absolute Gasteiger partial charge is 0.488 e. The number of carboxylic acids is 1. The zero-order valence-corrected chi connectivity index (χ0v) is 31.6. The summed E-state index contributed by atoms with van der Waals surface area (Å²) in [5, 5.41) is 53.3. The number of rotatable bonds is 18. The quantitative estimate of drug-likeness (QED) is 0.0514. The molecule has 12 nitrogen and oxygen atoms in total. The van der Waals surface area contributed by atoms with Crippen LogP contribution in [0.5, 0.6) is 11.5 Å². The summed E-state index contributed by atoms with van der Waals surface area (Å²) in [7, 11) is 0. The Balaban J connectivity index is 1.35. The molecule has 1 aliphatic heterocycles. The van der Waals surface area contributed by atoms with Crippen LogP contribution in [-0.4, -0.2) is 81.8 Å². The summed E-state index contributed by atoms with van der Waals surface area (Å²) in [5.41, 5.74) is 6.30. The molecule has 2 heterocycles.